The molecule has 8 heteroatoms. The zero-order chi connectivity index (χ0) is 21.5. The molecule has 0 fully saturated rings. The van der Waals surface area contributed by atoms with Crippen LogP contribution in [0.25, 0.3) is 5.57 Å². The van der Waals surface area contributed by atoms with Crippen LogP contribution in [-0.4, -0.2) is 41.2 Å². The van der Waals surface area contributed by atoms with Crippen LogP contribution < -0.4 is 10.8 Å². The molecular weight excluding hydrogens is 406 g/mol. The summed E-state index contributed by atoms with van der Waals surface area (Å²) in [5.74, 6) is -1.02. The minimum absolute atomic E-state index is 0.00908. The summed E-state index contributed by atoms with van der Waals surface area (Å²) in [6, 6.07) is 8.55. The highest BCUT2D eigenvalue weighted by atomic mass is 35.5. The van der Waals surface area contributed by atoms with E-state index in [-0.39, 0.29) is 22.1 Å². The van der Waals surface area contributed by atoms with Crippen molar-refractivity contribution in [2.75, 3.05) is 20.1 Å². The number of amides is 1. The van der Waals surface area contributed by atoms with E-state index in [9.17, 15) is 15.0 Å². The van der Waals surface area contributed by atoms with Crippen LogP contribution in [0.4, 0.5) is 0 Å². The molecule has 0 saturated carbocycles. The van der Waals surface area contributed by atoms with Crippen molar-refractivity contribution in [3.8, 4) is 11.5 Å². The van der Waals surface area contributed by atoms with Crippen LogP contribution in [0.1, 0.15) is 29.2 Å². The molecule has 1 amide bonds. The number of benzene rings is 2. The summed E-state index contributed by atoms with van der Waals surface area (Å²) in [5.41, 5.74) is 4.99. The standard InChI is InChI=1S/C22H24ClN3O4/c1-3-24-21(29)22(16-9-18(23)20(28)10-19(16)27)17(11-25-30-22)14-4-5-15-12-26(2)7-6-13(15)8-14/h4-5,8-11,25,27-28H,3,6-7,12H2,1-2H3,(H,24,29). The fourth-order valence-corrected chi connectivity index (χ4v) is 4.25. The van der Waals surface area contributed by atoms with Crippen molar-refractivity contribution in [3.63, 3.8) is 0 Å². The lowest BCUT2D eigenvalue weighted by molar-refractivity contribution is -0.144. The van der Waals surface area contributed by atoms with E-state index in [0.29, 0.717) is 12.1 Å². The normalized spacial score (nSPS) is 21.0. The van der Waals surface area contributed by atoms with Crippen molar-refractivity contribution in [1.82, 2.24) is 15.7 Å². The molecule has 2 aromatic rings. The molecule has 2 aliphatic rings. The molecule has 30 heavy (non-hydrogen) atoms. The third-order valence-corrected chi connectivity index (χ3v) is 5.92. The molecule has 0 bridgehead atoms. The molecule has 4 N–H and O–H groups in total. The van der Waals surface area contributed by atoms with Gasteiger partial charge in [0.25, 0.3) is 5.91 Å². The van der Waals surface area contributed by atoms with Gasteiger partial charge >= 0.3 is 0 Å². The maximum Gasteiger partial charge on any atom is 0.264 e. The summed E-state index contributed by atoms with van der Waals surface area (Å²) in [6.07, 6.45) is 2.53. The monoisotopic (exact) mass is 429 g/mol. The predicted octanol–water partition coefficient (Wildman–Crippen LogP) is 2.65. The Kier molecular flexibility index (Phi) is 5.36. The lowest BCUT2D eigenvalue weighted by Crippen LogP contribution is -2.46. The lowest BCUT2D eigenvalue weighted by atomic mass is 9.80. The van der Waals surface area contributed by atoms with Gasteiger partial charge in [-0.15, -0.1) is 0 Å². The Bertz CT molecular complexity index is 1040. The highest BCUT2D eigenvalue weighted by molar-refractivity contribution is 6.32. The fraction of sp³-hybridized carbons (Fsp3) is 0.318. The minimum Gasteiger partial charge on any atom is -0.507 e. The van der Waals surface area contributed by atoms with Crippen LogP contribution >= 0.6 is 11.6 Å². The number of fused-ring (bicyclic) bond motifs is 1. The highest BCUT2D eigenvalue weighted by Crippen LogP contribution is 2.48. The van der Waals surface area contributed by atoms with Crippen molar-refractivity contribution in [1.29, 1.82) is 0 Å². The number of hydroxylamine groups is 1. The van der Waals surface area contributed by atoms with E-state index in [0.717, 1.165) is 31.1 Å². The van der Waals surface area contributed by atoms with Crippen molar-refractivity contribution in [2.45, 2.75) is 25.5 Å². The first-order valence-corrected chi connectivity index (χ1v) is 10.2. The molecule has 2 heterocycles. The Balaban J connectivity index is 1.87. The van der Waals surface area contributed by atoms with Gasteiger partial charge < -0.3 is 20.4 Å². The summed E-state index contributed by atoms with van der Waals surface area (Å²) in [4.78, 5) is 21.3. The fourth-order valence-electron chi connectivity index (χ4n) is 4.09. The zero-order valence-electron chi connectivity index (χ0n) is 16.8. The Hall–Kier alpha value is -2.74. The first-order chi connectivity index (χ1) is 14.4. The van der Waals surface area contributed by atoms with Crippen LogP contribution in [0.2, 0.25) is 5.02 Å². The number of aromatic hydroxyl groups is 2. The third-order valence-electron chi connectivity index (χ3n) is 5.62. The van der Waals surface area contributed by atoms with Gasteiger partial charge in [0, 0.05) is 43.0 Å². The average Bonchev–Trinajstić information content (AvgIpc) is 3.16. The largest absolute Gasteiger partial charge is 0.507 e. The lowest BCUT2D eigenvalue weighted by Gasteiger charge is -2.31. The summed E-state index contributed by atoms with van der Waals surface area (Å²) >= 11 is 6.12. The number of carbonyl (C=O) groups is 1. The van der Waals surface area contributed by atoms with Gasteiger partial charge in [-0.3, -0.25) is 10.3 Å². The summed E-state index contributed by atoms with van der Waals surface area (Å²) < 4.78 is 0. The molecule has 7 nitrogen and oxygen atoms in total. The topological polar surface area (TPSA) is 94.1 Å². The third kappa shape index (κ3) is 3.29. The second kappa shape index (κ2) is 7.83. The van der Waals surface area contributed by atoms with Crippen LogP contribution in [0, 0.1) is 0 Å². The van der Waals surface area contributed by atoms with Gasteiger partial charge in [-0.2, -0.15) is 0 Å². The van der Waals surface area contributed by atoms with E-state index in [4.69, 9.17) is 16.4 Å². The molecule has 0 spiro atoms. The van der Waals surface area contributed by atoms with Crippen LogP contribution in [0.3, 0.4) is 0 Å². The molecule has 1 unspecified atom stereocenters. The van der Waals surface area contributed by atoms with Gasteiger partial charge in [-0.1, -0.05) is 29.8 Å². The van der Waals surface area contributed by atoms with Gasteiger partial charge in [-0.25, -0.2) is 4.84 Å². The Morgan fingerprint density at radius 3 is 2.83 bits per heavy atom. The molecule has 0 aliphatic carbocycles. The summed E-state index contributed by atoms with van der Waals surface area (Å²) in [6.45, 7) is 4.01. The summed E-state index contributed by atoms with van der Waals surface area (Å²) in [7, 11) is 2.09. The number of phenolic OH excluding ortho intramolecular Hbond substituents is 2. The SMILES string of the molecule is CCNC(=O)C1(c2cc(Cl)c(O)cc2O)ONC=C1c1ccc2c(c1)CCN(C)C2. The van der Waals surface area contributed by atoms with E-state index in [1.54, 1.807) is 13.1 Å². The summed E-state index contributed by atoms with van der Waals surface area (Å²) in [5, 5.41) is 23.3. The number of likely N-dealkylation sites (N-methyl/N-ethyl adjacent to an activating group) is 2. The van der Waals surface area contributed by atoms with Crippen LogP contribution in [-0.2, 0) is 28.2 Å². The molecule has 0 aromatic heterocycles. The van der Waals surface area contributed by atoms with Crippen molar-refractivity contribution in [3.05, 3.63) is 63.8 Å². The van der Waals surface area contributed by atoms with Gasteiger partial charge in [0.05, 0.1) is 5.02 Å². The molecule has 158 valence electrons. The predicted molar refractivity (Wildman–Crippen MR) is 114 cm³/mol. The quantitative estimate of drug-likeness (QED) is 0.597. The number of hydrogen-bond acceptors (Lipinski definition) is 6. The Morgan fingerprint density at radius 2 is 2.07 bits per heavy atom. The number of hydrogen-bond donors (Lipinski definition) is 4. The first-order valence-electron chi connectivity index (χ1n) is 9.82. The van der Waals surface area contributed by atoms with E-state index < -0.39 is 11.5 Å². The maximum atomic E-state index is 13.3. The number of halogens is 1. The van der Waals surface area contributed by atoms with E-state index in [1.807, 2.05) is 6.07 Å². The molecule has 1 atom stereocenters. The average molecular weight is 430 g/mol. The Labute approximate surface area is 179 Å². The van der Waals surface area contributed by atoms with E-state index >= 15 is 0 Å². The second-order valence-electron chi connectivity index (χ2n) is 7.61. The number of carbonyl (C=O) groups excluding carboxylic acids is 1. The van der Waals surface area contributed by atoms with E-state index in [2.05, 4.69) is 34.9 Å². The molecular formula is C22H24ClN3O4. The zero-order valence-corrected chi connectivity index (χ0v) is 17.6. The van der Waals surface area contributed by atoms with Gasteiger partial charge in [-0.05, 0) is 43.1 Å². The van der Waals surface area contributed by atoms with Gasteiger partial charge in [0.15, 0.2) is 0 Å². The molecule has 2 aromatic carbocycles. The number of rotatable bonds is 4. The maximum absolute atomic E-state index is 13.3. The highest BCUT2D eigenvalue weighted by Gasteiger charge is 2.51. The van der Waals surface area contributed by atoms with Crippen LogP contribution in [0.5, 0.6) is 11.5 Å². The minimum atomic E-state index is -1.67. The molecule has 2 aliphatic heterocycles. The van der Waals surface area contributed by atoms with Crippen LogP contribution in [0.15, 0.2) is 36.5 Å². The van der Waals surface area contributed by atoms with Crippen molar-refractivity contribution >= 4 is 23.1 Å². The molecule has 0 radical (unpaired) electrons. The number of nitrogens with one attached hydrogen (secondary N) is 2. The van der Waals surface area contributed by atoms with Crippen molar-refractivity contribution < 1.29 is 19.8 Å². The van der Waals surface area contributed by atoms with Crippen molar-refractivity contribution in [2.24, 2.45) is 0 Å². The van der Waals surface area contributed by atoms with Gasteiger partial charge in [0.2, 0.25) is 5.60 Å². The molecule has 4 rings (SSSR count). The number of phenols is 2. The van der Waals surface area contributed by atoms with Gasteiger partial charge in [0.1, 0.15) is 11.5 Å². The molecule has 0 saturated heterocycles. The second-order valence-corrected chi connectivity index (χ2v) is 8.02. The number of nitrogens with zero attached hydrogens (tertiary/aromatic N) is 1. The Morgan fingerprint density at radius 1 is 1.27 bits per heavy atom. The van der Waals surface area contributed by atoms with E-state index in [1.165, 1.54) is 17.2 Å². The first kappa shape index (κ1) is 20.5. The smallest absolute Gasteiger partial charge is 0.264 e.